The molecular formula is C15H12BrN3O. The van der Waals surface area contributed by atoms with Crippen LogP contribution in [0.1, 0.15) is 17.5 Å². The molecule has 1 N–H and O–H groups in total. The average molecular weight is 330 g/mol. The van der Waals surface area contributed by atoms with E-state index in [4.69, 9.17) is 5.26 Å². The Kier molecular flexibility index (Phi) is 4.85. The second kappa shape index (κ2) is 6.83. The Morgan fingerprint density at radius 2 is 2.20 bits per heavy atom. The number of pyridine rings is 1. The SMILES string of the molecule is N#Cc1ccc(NC(=O)CCc2cccc(Br)c2)nc1. The lowest BCUT2D eigenvalue weighted by molar-refractivity contribution is -0.116. The van der Waals surface area contributed by atoms with Gasteiger partial charge >= 0.3 is 0 Å². The van der Waals surface area contributed by atoms with Crippen LogP contribution in [0.3, 0.4) is 0 Å². The van der Waals surface area contributed by atoms with Crippen LogP contribution < -0.4 is 5.32 Å². The quantitative estimate of drug-likeness (QED) is 0.935. The summed E-state index contributed by atoms with van der Waals surface area (Å²) in [5, 5.41) is 11.4. The van der Waals surface area contributed by atoms with E-state index in [9.17, 15) is 4.79 Å². The number of amides is 1. The molecule has 4 nitrogen and oxygen atoms in total. The number of anilines is 1. The summed E-state index contributed by atoms with van der Waals surface area (Å²) in [6.07, 6.45) is 2.49. The zero-order valence-corrected chi connectivity index (χ0v) is 12.2. The minimum absolute atomic E-state index is 0.0952. The highest BCUT2D eigenvalue weighted by Crippen LogP contribution is 2.13. The Labute approximate surface area is 125 Å². The van der Waals surface area contributed by atoms with Gasteiger partial charge in [-0.3, -0.25) is 4.79 Å². The van der Waals surface area contributed by atoms with Crippen molar-refractivity contribution in [3.63, 3.8) is 0 Å². The summed E-state index contributed by atoms with van der Waals surface area (Å²) >= 11 is 3.40. The first kappa shape index (κ1) is 14.2. The molecule has 0 bridgehead atoms. The van der Waals surface area contributed by atoms with Gasteiger partial charge < -0.3 is 5.32 Å². The number of halogens is 1. The van der Waals surface area contributed by atoms with Crippen LogP contribution in [0.15, 0.2) is 47.1 Å². The second-order valence-corrected chi connectivity index (χ2v) is 5.14. The molecule has 0 saturated carbocycles. The molecule has 20 heavy (non-hydrogen) atoms. The number of hydrogen-bond acceptors (Lipinski definition) is 3. The van der Waals surface area contributed by atoms with Gasteiger partial charge in [0.25, 0.3) is 0 Å². The fourth-order valence-electron chi connectivity index (χ4n) is 1.69. The van der Waals surface area contributed by atoms with Crippen molar-refractivity contribution in [3.8, 4) is 6.07 Å². The minimum Gasteiger partial charge on any atom is -0.311 e. The van der Waals surface area contributed by atoms with Crippen LogP contribution in [0.25, 0.3) is 0 Å². The first-order chi connectivity index (χ1) is 9.67. The number of nitrogens with zero attached hydrogens (tertiary/aromatic N) is 2. The van der Waals surface area contributed by atoms with Crippen molar-refractivity contribution in [1.82, 2.24) is 4.98 Å². The summed E-state index contributed by atoms with van der Waals surface area (Å²) in [6.45, 7) is 0. The average Bonchev–Trinajstić information content (AvgIpc) is 2.46. The van der Waals surface area contributed by atoms with Crippen LogP contribution in [-0.2, 0) is 11.2 Å². The Hall–Kier alpha value is -2.19. The van der Waals surface area contributed by atoms with Gasteiger partial charge in [-0.1, -0.05) is 28.1 Å². The Bertz CT molecular complexity index is 647. The zero-order valence-electron chi connectivity index (χ0n) is 10.6. The van der Waals surface area contributed by atoms with Gasteiger partial charge in [-0.15, -0.1) is 0 Å². The molecule has 2 aromatic rings. The Balaban J connectivity index is 1.87. The number of aryl methyl sites for hydroxylation is 1. The number of aromatic nitrogens is 1. The van der Waals surface area contributed by atoms with Crippen molar-refractivity contribution in [2.24, 2.45) is 0 Å². The van der Waals surface area contributed by atoms with Crippen LogP contribution in [0.5, 0.6) is 0 Å². The predicted molar refractivity (Wildman–Crippen MR) is 80.0 cm³/mol. The molecule has 1 aromatic heterocycles. The monoisotopic (exact) mass is 329 g/mol. The zero-order chi connectivity index (χ0) is 14.4. The van der Waals surface area contributed by atoms with E-state index in [-0.39, 0.29) is 5.91 Å². The Morgan fingerprint density at radius 1 is 1.35 bits per heavy atom. The molecule has 0 unspecified atom stereocenters. The maximum atomic E-state index is 11.8. The third kappa shape index (κ3) is 4.18. The van der Waals surface area contributed by atoms with Crippen molar-refractivity contribution < 1.29 is 4.79 Å². The van der Waals surface area contributed by atoms with Gasteiger partial charge in [-0.25, -0.2) is 4.98 Å². The number of hydrogen-bond donors (Lipinski definition) is 1. The molecule has 2 rings (SSSR count). The maximum Gasteiger partial charge on any atom is 0.225 e. The van der Waals surface area contributed by atoms with Gasteiger partial charge in [0.2, 0.25) is 5.91 Å². The van der Waals surface area contributed by atoms with E-state index in [0.29, 0.717) is 24.2 Å². The summed E-state index contributed by atoms with van der Waals surface area (Å²) in [7, 11) is 0. The van der Waals surface area contributed by atoms with Crippen molar-refractivity contribution in [3.05, 3.63) is 58.2 Å². The van der Waals surface area contributed by atoms with Gasteiger partial charge in [0.05, 0.1) is 5.56 Å². The van der Waals surface area contributed by atoms with Crippen LogP contribution >= 0.6 is 15.9 Å². The van der Waals surface area contributed by atoms with Crippen LogP contribution in [-0.4, -0.2) is 10.9 Å². The molecule has 0 aliphatic rings. The van der Waals surface area contributed by atoms with Gasteiger partial charge in [-0.05, 0) is 36.2 Å². The van der Waals surface area contributed by atoms with Crippen molar-refractivity contribution >= 4 is 27.7 Å². The first-order valence-corrected chi connectivity index (χ1v) is 6.87. The smallest absolute Gasteiger partial charge is 0.225 e. The molecule has 0 atom stereocenters. The predicted octanol–water partition coefficient (Wildman–Crippen LogP) is 3.29. The number of rotatable bonds is 4. The van der Waals surface area contributed by atoms with E-state index < -0.39 is 0 Å². The number of nitrogens with one attached hydrogen (secondary N) is 1. The van der Waals surface area contributed by atoms with Gasteiger partial charge in [0.15, 0.2) is 0 Å². The third-order valence-electron chi connectivity index (χ3n) is 2.69. The lowest BCUT2D eigenvalue weighted by Gasteiger charge is -2.05. The molecule has 1 aromatic carbocycles. The van der Waals surface area contributed by atoms with Crippen LogP contribution in [0.2, 0.25) is 0 Å². The maximum absolute atomic E-state index is 11.8. The fraction of sp³-hybridized carbons (Fsp3) is 0.133. The van der Waals surface area contributed by atoms with E-state index in [2.05, 4.69) is 26.2 Å². The molecule has 5 heteroatoms. The molecule has 1 amide bonds. The van der Waals surface area contributed by atoms with E-state index in [1.54, 1.807) is 12.1 Å². The fourth-order valence-corrected chi connectivity index (χ4v) is 2.14. The number of carbonyl (C=O) groups is 1. The van der Waals surface area contributed by atoms with Crippen molar-refractivity contribution in [1.29, 1.82) is 5.26 Å². The highest BCUT2D eigenvalue weighted by Gasteiger charge is 2.04. The normalized spacial score (nSPS) is 9.80. The van der Waals surface area contributed by atoms with Crippen LogP contribution in [0.4, 0.5) is 5.82 Å². The largest absolute Gasteiger partial charge is 0.311 e. The van der Waals surface area contributed by atoms with E-state index in [1.807, 2.05) is 30.3 Å². The lowest BCUT2D eigenvalue weighted by Crippen LogP contribution is -2.13. The van der Waals surface area contributed by atoms with Gasteiger partial charge in [-0.2, -0.15) is 5.26 Å². The molecule has 0 aliphatic carbocycles. The second-order valence-electron chi connectivity index (χ2n) is 4.22. The molecule has 0 spiro atoms. The van der Waals surface area contributed by atoms with Gasteiger partial charge in [0.1, 0.15) is 11.9 Å². The van der Waals surface area contributed by atoms with Crippen LogP contribution in [0, 0.1) is 11.3 Å². The molecule has 0 fully saturated rings. The molecule has 0 radical (unpaired) electrons. The number of carbonyl (C=O) groups excluding carboxylic acids is 1. The molecule has 1 heterocycles. The van der Waals surface area contributed by atoms with Gasteiger partial charge in [0, 0.05) is 17.1 Å². The molecular weight excluding hydrogens is 318 g/mol. The first-order valence-electron chi connectivity index (χ1n) is 6.08. The minimum atomic E-state index is -0.0952. The van der Waals surface area contributed by atoms with E-state index in [0.717, 1.165) is 10.0 Å². The van der Waals surface area contributed by atoms with Crippen molar-refractivity contribution in [2.75, 3.05) is 5.32 Å². The topological polar surface area (TPSA) is 65.8 Å². The summed E-state index contributed by atoms with van der Waals surface area (Å²) in [5.41, 5.74) is 1.57. The van der Waals surface area contributed by atoms with E-state index in [1.165, 1.54) is 6.20 Å². The lowest BCUT2D eigenvalue weighted by atomic mass is 10.1. The molecule has 0 saturated heterocycles. The standard InChI is InChI=1S/C15H12BrN3O/c16-13-3-1-2-11(8-13)5-7-15(20)19-14-6-4-12(9-17)10-18-14/h1-4,6,8,10H,5,7H2,(H,18,19,20). The summed E-state index contributed by atoms with van der Waals surface area (Å²) in [4.78, 5) is 15.8. The third-order valence-corrected chi connectivity index (χ3v) is 3.18. The molecule has 100 valence electrons. The van der Waals surface area contributed by atoms with E-state index >= 15 is 0 Å². The molecule has 0 aliphatic heterocycles. The Morgan fingerprint density at radius 3 is 2.85 bits per heavy atom. The number of nitriles is 1. The summed E-state index contributed by atoms with van der Waals surface area (Å²) < 4.78 is 1.00. The summed E-state index contributed by atoms with van der Waals surface area (Å²) in [5.74, 6) is 0.366. The summed E-state index contributed by atoms with van der Waals surface area (Å²) in [6, 6.07) is 13.1. The highest BCUT2D eigenvalue weighted by molar-refractivity contribution is 9.10. The van der Waals surface area contributed by atoms with Crippen molar-refractivity contribution in [2.45, 2.75) is 12.8 Å². The number of benzene rings is 1. The highest BCUT2D eigenvalue weighted by atomic mass is 79.9.